The van der Waals surface area contributed by atoms with Crippen molar-refractivity contribution in [3.63, 3.8) is 0 Å². The van der Waals surface area contributed by atoms with Crippen molar-refractivity contribution in [3.8, 4) is 5.75 Å². The lowest BCUT2D eigenvalue weighted by molar-refractivity contribution is 0.0896. The van der Waals surface area contributed by atoms with E-state index in [1.54, 1.807) is 60.9 Å². The number of ketones is 1. The van der Waals surface area contributed by atoms with Crippen molar-refractivity contribution in [1.82, 2.24) is 20.9 Å². The second-order valence-corrected chi connectivity index (χ2v) is 7.98. The molecule has 33 heavy (non-hydrogen) atoms. The molecule has 168 valence electrons. The molecular formula is C25H24N4O4. The summed E-state index contributed by atoms with van der Waals surface area (Å²) in [4.78, 5) is 41.8. The van der Waals surface area contributed by atoms with Crippen LogP contribution < -0.4 is 16.0 Å². The summed E-state index contributed by atoms with van der Waals surface area (Å²) >= 11 is 0. The molecule has 1 unspecified atom stereocenters. The van der Waals surface area contributed by atoms with Crippen molar-refractivity contribution in [2.24, 2.45) is 0 Å². The lowest BCUT2D eigenvalue weighted by Crippen LogP contribution is -2.51. The fourth-order valence-electron chi connectivity index (χ4n) is 3.75. The van der Waals surface area contributed by atoms with E-state index < -0.39 is 0 Å². The summed E-state index contributed by atoms with van der Waals surface area (Å²) in [6.45, 7) is 2.89. The lowest BCUT2D eigenvalue weighted by Gasteiger charge is -2.21. The Kier molecular flexibility index (Phi) is 6.46. The number of aryl methyl sites for hydroxylation is 1. The zero-order chi connectivity index (χ0) is 23.4. The topological polar surface area (TPSA) is 120 Å². The number of phenolic OH excluding ortho intramolecular Hbond substituents is 1. The first-order valence-corrected chi connectivity index (χ1v) is 10.6. The molecule has 2 amide bonds. The number of pyridine rings is 1. The highest BCUT2D eigenvalue weighted by Gasteiger charge is 2.30. The number of phenols is 1. The SMILES string of the molecule is Cc1ccc(C(=O)c2ccc(C(=O)NC3CNC[C@H]3NC(=O)c3ccncc3)cc2)c(O)c1. The quantitative estimate of drug-likeness (QED) is 0.431. The van der Waals surface area contributed by atoms with Crippen LogP contribution in [0.1, 0.15) is 42.2 Å². The second kappa shape index (κ2) is 9.62. The highest BCUT2D eigenvalue weighted by Crippen LogP contribution is 2.22. The molecule has 4 N–H and O–H groups in total. The number of nitrogens with zero attached hydrogens (tertiary/aromatic N) is 1. The monoisotopic (exact) mass is 444 g/mol. The standard InChI is InChI=1S/C25H24N4O4/c1-15-2-7-19(22(30)12-15)23(31)16-3-5-17(6-4-16)24(32)28-20-13-27-14-21(20)29-25(33)18-8-10-26-11-9-18/h2-12,20-21,27,30H,13-14H2,1H3,(H,28,32)(H,29,33)/t20?,21-/m1/s1. The predicted molar refractivity (Wildman–Crippen MR) is 122 cm³/mol. The molecule has 1 aliphatic rings. The van der Waals surface area contributed by atoms with Gasteiger partial charge in [-0.15, -0.1) is 0 Å². The Morgan fingerprint density at radius 3 is 1.97 bits per heavy atom. The molecule has 0 radical (unpaired) electrons. The fraction of sp³-hybridized carbons (Fsp3) is 0.200. The molecule has 0 bridgehead atoms. The van der Waals surface area contributed by atoms with Gasteiger partial charge in [0.1, 0.15) is 5.75 Å². The third kappa shape index (κ3) is 5.07. The van der Waals surface area contributed by atoms with Gasteiger partial charge in [0.05, 0.1) is 17.6 Å². The van der Waals surface area contributed by atoms with Gasteiger partial charge in [-0.3, -0.25) is 19.4 Å². The highest BCUT2D eigenvalue weighted by atomic mass is 16.3. The number of amides is 2. The van der Waals surface area contributed by atoms with Crippen molar-refractivity contribution in [2.75, 3.05) is 13.1 Å². The molecule has 1 fully saturated rings. The molecule has 4 rings (SSSR count). The maximum atomic E-state index is 12.8. The van der Waals surface area contributed by atoms with Gasteiger partial charge in [-0.1, -0.05) is 18.2 Å². The van der Waals surface area contributed by atoms with Crippen molar-refractivity contribution in [1.29, 1.82) is 0 Å². The van der Waals surface area contributed by atoms with E-state index in [-0.39, 0.29) is 41.0 Å². The summed E-state index contributed by atoms with van der Waals surface area (Å²) in [5, 5.41) is 19.1. The number of carbonyl (C=O) groups excluding carboxylic acids is 3. The van der Waals surface area contributed by atoms with E-state index in [1.807, 2.05) is 6.92 Å². The summed E-state index contributed by atoms with van der Waals surface area (Å²) in [7, 11) is 0. The van der Waals surface area contributed by atoms with Crippen LogP contribution in [0.15, 0.2) is 67.0 Å². The largest absolute Gasteiger partial charge is 0.507 e. The number of hydrogen-bond acceptors (Lipinski definition) is 6. The molecule has 3 aromatic rings. The summed E-state index contributed by atoms with van der Waals surface area (Å²) in [6, 6.07) is 13.9. The van der Waals surface area contributed by atoms with E-state index in [9.17, 15) is 19.5 Å². The maximum absolute atomic E-state index is 12.8. The van der Waals surface area contributed by atoms with Crippen LogP contribution in [-0.2, 0) is 0 Å². The van der Waals surface area contributed by atoms with Gasteiger partial charge in [-0.05, 0) is 48.9 Å². The molecule has 2 atom stereocenters. The first-order chi connectivity index (χ1) is 15.9. The number of nitrogens with one attached hydrogen (secondary N) is 3. The van der Waals surface area contributed by atoms with Crippen molar-refractivity contribution in [2.45, 2.75) is 19.0 Å². The van der Waals surface area contributed by atoms with E-state index in [4.69, 9.17) is 0 Å². The van der Waals surface area contributed by atoms with Gasteiger partial charge < -0.3 is 21.1 Å². The molecule has 2 heterocycles. The normalized spacial score (nSPS) is 17.4. The van der Waals surface area contributed by atoms with E-state index in [0.29, 0.717) is 29.8 Å². The number of benzene rings is 2. The second-order valence-electron chi connectivity index (χ2n) is 7.98. The Morgan fingerprint density at radius 2 is 1.39 bits per heavy atom. The molecule has 0 spiro atoms. The lowest BCUT2D eigenvalue weighted by atomic mass is 10.00. The van der Waals surface area contributed by atoms with E-state index in [1.165, 1.54) is 6.07 Å². The highest BCUT2D eigenvalue weighted by molar-refractivity contribution is 6.11. The molecule has 0 aliphatic carbocycles. The molecule has 0 saturated carbocycles. The van der Waals surface area contributed by atoms with Gasteiger partial charge in [-0.25, -0.2) is 0 Å². The molecule has 1 aliphatic heterocycles. The van der Waals surface area contributed by atoms with Crippen LogP contribution in [0, 0.1) is 6.92 Å². The average molecular weight is 444 g/mol. The van der Waals surface area contributed by atoms with Crippen LogP contribution in [0.3, 0.4) is 0 Å². The Hall–Kier alpha value is -4.04. The third-order valence-electron chi connectivity index (χ3n) is 5.60. The molecular weight excluding hydrogens is 420 g/mol. The minimum Gasteiger partial charge on any atom is -0.507 e. The Morgan fingerprint density at radius 1 is 0.848 bits per heavy atom. The van der Waals surface area contributed by atoms with Crippen molar-refractivity contribution < 1.29 is 19.5 Å². The minimum atomic E-state index is -0.321. The summed E-state index contributed by atoms with van der Waals surface area (Å²) in [5.74, 6) is -0.926. The number of aromatic nitrogens is 1. The first-order valence-electron chi connectivity index (χ1n) is 10.6. The first kappa shape index (κ1) is 22.2. The minimum absolute atomic E-state index is 0.0737. The van der Waals surface area contributed by atoms with Gasteiger partial charge in [-0.2, -0.15) is 0 Å². The van der Waals surface area contributed by atoms with Crippen LogP contribution in [0.4, 0.5) is 0 Å². The zero-order valence-electron chi connectivity index (χ0n) is 18.0. The summed E-state index contributed by atoms with van der Waals surface area (Å²) in [6.07, 6.45) is 3.10. The number of carbonyl (C=O) groups is 3. The average Bonchev–Trinajstić information content (AvgIpc) is 3.25. The van der Waals surface area contributed by atoms with Crippen LogP contribution in [-0.4, -0.2) is 52.9 Å². The van der Waals surface area contributed by atoms with Gasteiger partial charge in [0.25, 0.3) is 11.8 Å². The molecule has 8 heteroatoms. The third-order valence-corrected chi connectivity index (χ3v) is 5.60. The number of rotatable bonds is 6. The van der Waals surface area contributed by atoms with Crippen molar-refractivity contribution in [3.05, 3.63) is 94.8 Å². The smallest absolute Gasteiger partial charge is 0.251 e. The summed E-state index contributed by atoms with van der Waals surface area (Å²) in [5.41, 5.74) is 2.33. The van der Waals surface area contributed by atoms with Crippen LogP contribution in [0.2, 0.25) is 0 Å². The van der Waals surface area contributed by atoms with Crippen LogP contribution >= 0.6 is 0 Å². The van der Waals surface area contributed by atoms with E-state index >= 15 is 0 Å². The van der Waals surface area contributed by atoms with E-state index in [0.717, 1.165) is 5.56 Å². The molecule has 2 aromatic carbocycles. The van der Waals surface area contributed by atoms with Gasteiger partial charge in [0, 0.05) is 42.2 Å². The molecule has 1 aromatic heterocycles. The number of aromatic hydroxyl groups is 1. The predicted octanol–water partition coefficient (Wildman–Crippen LogP) is 1.83. The Labute approximate surface area is 191 Å². The van der Waals surface area contributed by atoms with Crippen LogP contribution in [0.25, 0.3) is 0 Å². The van der Waals surface area contributed by atoms with E-state index in [2.05, 4.69) is 20.9 Å². The zero-order valence-corrected chi connectivity index (χ0v) is 18.0. The van der Waals surface area contributed by atoms with Gasteiger partial charge >= 0.3 is 0 Å². The van der Waals surface area contributed by atoms with Gasteiger partial charge in [0.15, 0.2) is 5.78 Å². The summed E-state index contributed by atoms with van der Waals surface area (Å²) < 4.78 is 0. The fourth-order valence-corrected chi connectivity index (χ4v) is 3.75. The Bertz CT molecular complexity index is 1180. The van der Waals surface area contributed by atoms with Gasteiger partial charge in [0.2, 0.25) is 0 Å². The van der Waals surface area contributed by atoms with Crippen molar-refractivity contribution >= 4 is 17.6 Å². The Balaban J connectivity index is 1.40. The molecule has 8 nitrogen and oxygen atoms in total. The number of hydrogen-bond donors (Lipinski definition) is 4. The van der Waals surface area contributed by atoms with Crippen LogP contribution in [0.5, 0.6) is 5.75 Å². The molecule has 1 saturated heterocycles. The maximum Gasteiger partial charge on any atom is 0.251 e.